The average molecular weight is 270 g/mol. The summed E-state index contributed by atoms with van der Waals surface area (Å²) >= 11 is 1.41. The van der Waals surface area contributed by atoms with Gasteiger partial charge in [0.05, 0.1) is 5.01 Å². The normalized spacial score (nSPS) is 12.8. The van der Waals surface area contributed by atoms with E-state index < -0.39 is 17.9 Å². The second-order valence-electron chi connectivity index (χ2n) is 4.76. The highest BCUT2D eigenvalue weighted by molar-refractivity contribution is 7.09. The minimum Gasteiger partial charge on any atom is -0.480 e. The Morgan fingerprint density at radius 3 is 2.33 bits per heavy atom. The van der Waals surface area contributed by atoms with Crippen molar-refractivity contribution in [2.45, 2.75) is 39.7 Å². The Morgan fingerprint density at radius 1 is 1.33 bits per heavy atom. The second kappa shape index (κ2) is 5.95. The van der Waals surface area contributed by atoms with E-state index in [0.717, 1.165) is 5.01 Å². The van der Waals surface area contributed by atoms with Gasteiger partial charge in [-0.05, 0) is 5.92 Å². The summed E-state index contributed by atoms with van der Waals surface area (Å²) in [6.07, 6.45) is 0. The Morgan fingerprint density at radius 2 is 1.94 bits per heavy atom. The first-order valence-corrected chi connectivity index (χ1v) is 6.70. The smallest absolute Gasteiger partial charge is 0.326 e. The molecule has 0 aliphatic carbocycles. The van der Waals surface area contributed by atoms with Gasteiger partial charge in [-0.1, -0.05) is 27.7 Å². The molecule has 0 saturated heterocycles. The van der Waals surface area contributed by atoms with E-state index in [9.17, 15) is 9.59 Å². The molecule has 1 heterocycles. The number of hydrogen-bond donors (Lipinski definition) is 2. The molecule has 2 N–H and O–H groups in total. The van der Waals surface area contributed by atoms with Gasteiger partial charge in [0.25, 0.3) is 5.91 Å². The molecule has 0 radical (unpaired) electrons. The number of nitrogens with zero attached hydrogens (tertiary/aromatic N) is 1. The van der Waals surface area contributed by atoms with Crippen molar-refractivity contribution in [1.29, 1.82) is 0 Å². The van der Waals surface area contributed by atoms with Gasteiger partial charge in [-0.25, -0.2) is 9.78 Å². The van der Waals surface area contributed by atoms with Crippen LogP contribution in [0.5, 0.6) is 0 Å². The van der Waals surface area contributed by atoms with Crippen molar-refractivity contribution >= 4 is 23.2 Å². The highest BCUT2D eigenvalue weighted by atomic mass is 32.1. The first kappa shape index (κ1) is 14.6. The van der Waals surface area contributed by atoms with Gasteiger partial charge in [-0.2, -0.15) is 0 Å². The molecule has 1 rings (SSSR count). The number of aromatic nitrogens is 1. The molecule has 0 bridgehead atoms. The van der Waals surface area contributed by atoms with Gasteiger partial charge in [-0.3, -0.25) is 4.79 Å². The number of nitrogens with one attached hydrogen (secondary N) is 1. The monoisotopic (exact) mass is 270 g/mol. The van der Waals surface area contributed by atoms with Crippen molar-refractivity contribution in [3.05, 3.63) is 16.1 Å². The number of carbonyl (C=O) groups is 2. The SMILES string of the molecule is CC(C)c1nc(C(=O)N[C@H](C(=O)O)C(C)C)cs1. The lowest BCUT2D eigenvalue weighted by Crippen LogP contribution is -2.44. The zero-order valence-electron chi connectivity index (χ0n) is 10.9. The predicted molar refractivity (Wildman–Crippen MR) is 69.9 cm³/mol. The van der Waals surface area contributed by atoms with Crippen LogP contribution in [0, 0.1) is 5.92 Å². The molecule has 1 aromatic rings. The summed E-state index contributed by atoms with van der Waals surface area (Å²) in [5.74, 6) is -1.37. The molecule has 0 saturated carbocycles. The number of aliphatic carboxylic acids is 1. The molecule has 0 unspecified atom stereocenters. The Hall–Kier alpha value is -1.43. The third-order valence-electron chi connectivity index (χ3n) is 2.47. The molecule has 18 heavy (non-hydrogen) atoms. The highest BCUT2D eigenvalue weighted by Gasteiger charge is 2.25. The first-order chi connectivity index (χ1) is 8.32. The Kier molecular flexibility index (Phi) is 4.84. The van der Waals surface area contributed by atoms with Gasteiger partial charge in [0, 0.05) is 11.3 Å². The molecule has 0 aliphatic rings. The van der Waals surface area contributed by atoms with Crippen LogP contribution in [0.2, 0.25) is 0 Å². The summed E-state index contributed by atoms with van der Waals surface area (Å²) in [5.41, 5.74) is 0.288. The number of carbonyl (C=O) groups excluding carboxylic acids is 1. The molecular formula is C12H18N2O3S. The van der Waals surface area contributed by atoms with Gasteiger partial charge in [-0.15, -0.1) is 11.3 Å². The van der Waals surface area contributed by atoms with E-state index in [1.54, 1.807) is 19.2 Å². The fourth-order valence-corrected chi connectivity index (χ4v) is 2.20. The molecule has 1 aromatic heterocycles. The summed E-state index contributed by atoms with van der Waals surface area (Å²) < 4.78 is 0. The van der Waals surface area contributed by atoms with Crippen molar-refractivity contribution in [2.24, 2.45) is 5.92 Å². The van der Waals surface area contributed by atoms with Gasteiger partial charge in [0.1, 0.15) is 11.7 Å². The maximum absolute atomic E-state index is 11.9. The Bertz CT molecular complexity index is 440. The minimum atomic E-state index is -1.03. The van der Waals surface area contributed by atoms with Crippen LogP contribution in [0.3, 0.4) is 0 Å². The quantitative estimate of drug-likeness (QED) is 0.858. The van der Waals surface area contributed by atoms with Crippen molar-refractivity contribution in [1.82, 2.24) is 10.3 Å². The summed E-state index contributed by atoms with van der Waals surface area (Å²) in [5, 5.41) is 14.0. The third kappa shape index (κ3) is 3.53. The van der Waals surface area contributed by atoms with Gasteiger partial charge in [0.15, 0.2) is 0 Å². The Labute approximate surface area is 110 Å². The molecule has 100 valence electrons. The lowest BCUT2D eigenvalue weighted by Gasteiger charge is -2.16. The molecule has 1 amide bonds. The van der Waals surface area contributed by atoms with E-state index in [2.05, 4.69) is 10.3 Å². The summed E-state index contributed by atoms with van der Waals surface area (Å²) in [7, 11) is 0. The van der Waals surface area contributed by atoms with Crippen molar-refractivity contribution in [3.63, 3.8) is 0 Å². The maximum atomic E-state index is 11.9. The van der Waals surface area contributed by atoms with Crippen LogP contribution < -0.4 is 5.32 Å². The highest BCUT2D eigenvalue weighted by Crippen LogP contribution is 2.19. The molecule has 6 heteroatoms. The number of thiazole rings is 1. The van der Waals surface area contributed by atoms with E-state index in [-0.39, 0.29) is 17.5 Å². The largest absolute Gasteiger partial charge is 0.480 e. The van der Waals surface area contributed by atoms with Crippen LogP contribution in [-0.2, 0) is 4.79 Å². The fourth-order valence-electron chi connectivity index (χ4n) is 1.39. The number of hydrogen-bond acceptors (Lipinski definition) is 4. The zero-order chi connectivity index (χ0) is 13.9. The number of rotatable bonds is 5. The van der Waals surface area contributed by atoms with E-state index in [0.29, 0.717) is 0 Å². The van der Waals surface area contributed by atoms with Crippen LogP contribution >= 0.6 is 11.3 Å². The summed E-state index contributed by atoms with van der Waals surface area (Å²) in [4.78, 5) is 27.1. The van der Waals surface area contributed by atoms with Crippen molar-refractivity contribution in [3.8, 4) is 0 Å². The van der Waals surface area contributed by atoms with Crippen LogP contribution in [0.25, 0.3) is 0 Å². The lowest BCUT2D eigenvalue weighted by molar-refractivity contribution is -0.140. The van der Waals surface area contributed by atoms with E-state index in [1.807, 2.05) is 13.8 Å². The Balaban J connectivity index is 2.77. The van der Waals surface area contributed by atoms with Gasteiger partial charge in [0.2, 0.25) is 0 Å². The summed E-state index contributed by atoms with van der Waals surface area (Å²) in [6.45, 7) is 7.49. The zero-order valence-corrected chi connectivity index (χ0v) is 11.7. The number of carboxylic acids is 1. The van der Waals surface area contributed by atoms with Crippen LogP contribution in [0.4, 0.5) is 0 Å². The molecular weight excluding hydrogens is 252 g/mol. The van der Waals surface area contributed by atoms with Gasteiger partial charge < -0.3 is 10.4 Å². The minimum absolute atomic E-state index is 0.172. The molecule has 0 aromatic carbocycles. The topological polar surface area (TPSA) is 79.3 Å². The molecule has 0 spiro atoms. The van der Waals surface area contributed by atoms with Crippen LogP contribution in [0.1, 0.15) is 49.1 Å². The van der Waals surface area contributed by atoms with E-state index in [4.69, 9.17) is 5.11 Å². The van der Waals surface area contributed by atoms with Gasteiger partial charge >= 0.3 is 5.97 Å². The van der Waals surface area contributed by atoms with Crippen molar-refractivity contribution < 1.29 is 14.7 Å². The van der Waals surface area contributed by atoms with E-state index >= 15 is 0 Å². The lowest BCUT2D eigenvalue weighted by atomic mass is 10.0. The number of amides is 1. The predicted octanol–water partition coefficient (Wildman–Crippen LogP) is 2.11. The van der Waals surface area contributed by atoms with Crippen LogP contribution in [0.15, 0.2) is 5.38 Å². The molecule has 5 nitrogen and oxygen atoms in total. The molecule has 1 atom stereocenters. The van der Waals surface area contributed by atoms with E-state index in [1.165, 1.54) is 11.3 Å². The second-order valence-corrected chi connectivity index (χ2v) is 5.65. The first-order valence-electron chi connectivity index (χ1n) is 5.82. The average Bonchev–Trinajstić information content (AvgIpc) is 2.73. The fraction of sp³-hybridized carbons (Fsp3) is 0.583. The molecule has 0 fully saturated rings. The van der Waals surface area contributed by atoms with Crippen LogP contribution in [-0.4, -0.2) is 28.0 Å². The third-order valence-corrected chi connectivity index (χ3v) is 3.61. The summed E-state index contributed by atoms with van der Waals surface area (Å²) in [6, 6.07) is -0.887. The number of carboxylic acid groups (broad SMARTS) is 1. The standard InChI is InChI=1S/C12H18N2O3S/c1-6(2)9(12(16)17)14-10(15)8-5-18-11(13-8)7(3)4/h5-7,9H,1-4H3,(H,14,15)(H,16,17)/t9-/m0/s1. The van der Waals surface area contributed by atoms with Crippen molar-refractivity contribution in [2.75, 3.05) is 0 Å². The molecule has 0 aliphatic heterocycles. The maximum Gasteiger partial charge on any atom is 0.326 e.